The molecule has 0 spiro atoms. The lowest BCUT2D eigenvalue weighted by Crippen LogP contribution is -2.50. The van der Waals surface area contributed by atoms with Crippen molar-refractivity contribution in [3.8, 4) is 0 Å². The number of aromatic nitrogens is 2. The summed E-state index contributed by atoms with van der Waals surface area (Å²) >= 11 is 0. The molecule has 1 aliphatic rings. The number of morpholine rings is 1. The SMILES string of the molecule is CC1(C)CN(S(=O)(=O)c2cnc(N)nc2)CCO1. The van der Waals surface area contributed by atoms with Crippen molar-refractivity contribution in [2.45, 2.75) is 24.3 Å². The van der Waals surface area contributed by atoms with E-state index in [1.54, 1.807) is 0 Å². The zero-order valence-electron chi connectivity index (χ0n) is 10.3. The Balaban J connectivity index is 2.28. The van der Waals surface area contributed by atoms with Gasteiger partial charge in [-0.2, -0.15) is 4.31 Å². The zero-order valence-corrected chi connectivity index (χ0v) is 11.1. The topological polar surface area (TPSA) is 98.4 Å². The van der Waals surface area contributed by atoms with Gasteiger partial charge in [-0.15, -0.1) is 0 Å². The van der Waals surface area contributed by atoms with Crippen LogP contribution in [0.15, 0.2) is 17.3 Å². The van der Waals surface area contributed by atoms with Gasteiger partial charge in [-0.25, -0.2) is 18.4 Å². The lowest BCUT2D eigenvalue weighted by Gasteiger charge is -2.37. The molecule has 1 aromatic heterocycles. The van der Waals surface area contributed by atoms with E-state index < -0.39 is 15.6 Å². The maximum atomic E-state index is 12.3. The number of nitrogens with zero attached hydrogens (tertiary/aromatic N) is 3. The summed E-state index contributed by atoms with van der Waals surface area (Å²) in [7, 11) is -3.58. The minimum Gasteiger partial charge on any atom is -0.373 e. The number of ether oxygens (including phenoxy) is 1. The van der Waals surface area contributed by atoms with Gasteiger partial charge in [-0.05, 0) is 13.8 Å². The van der Waals surface area contributed by atoms with Crippen LogP contribution in [-0.2, 0) is 14.8 Å². The number of sulfonamides is 1. The number of rotatable bonds is 2. The van der Waals surface area contributed by atoms with Crippen molar-refractivity contribution in [3.63, 3.8) is 0 Å². The third-order valence-corrected chi connectivity index (χ3v) is 4.47. The third-order valence-electron chi connectivity index (χ3n) is 2.68. The van der Waals surface area contributed by atoms with Gasteiger partial charge in [0.2, 0.25) is 16.0 Å². The second-order valence-electron chi connectivity index (χ2n) is 4.72. The average Bonchev–Trinajstić information content (AvgIpc) is 2.28. The standard InChI is InChI=1S/C10H16N4O3S/c1-10(2)7-14(3-4-17-10)18(15,16)8-5-12-9(11)13-6-8/h5-6H,3-4,7H2,1-2H3,(H2,11,12,13). The molecule has 0 amide bonds. The van der Waals surface area contributed by atoms with Gasteiger partial charge < -0.3 is 10.5 Å². The van der Waals surface area contributed by atoms with Crippen LogP contribution in [0.2, 0.25) is 0 Å². The van der Waals surface area contributed by atoms with Crippen LogP contribution in [-0.4, -0.2) is 48.0 Å². The molecular weight excluding hydrogens is 256 g/mol. The molecule has 0 saturated carbocycles. The van der Waals surface area contributed by atoms with E-state index in [0.29, 0.717) is 19.7 Å². The van der Waals surface area contributed by atoms with Gasteiger partial charge in [0.1, 0.15) is 4.90 Å². The highest BCUT2D eigenvalue weighted by molar-refractivity contribution is 7.89. The number of nitrogens with two attached hydrogens (primary N) is 1. The van der Waals surface area contributed by atoms with Gasteiger partial charge >= 0.3 is 0 Å². The Bertz CT molecular complexity index is 527. The van der Waals surface area contributed by atoms with E-state index in [2.05, 4.69) is 9.97 Å². The molecule has 0 aromatic carbocycles. The number of hydrogen-bond donors (Lipinski definition) is 1. The molecule has 0 atom stereocenters. The summed E-state index contributed by atoms with van der Waals surface area (Å²) in [5, 5.41) is 0. The van der Waals surface area contributed by atoms with Crippen LogP contribution in [0.25, 0.3) is 0 Å². The van der Waals surface area contributed by atoms with E-state index in [4.69, 9.17) is 10.5 Å². The molecule has 18 heavy (non-hydrogen) atoms. The summed E-state index contributed by atoms with van der Waals surface area (Å²) in [4.78, 5) is 7.46. The minimum absolute atomic E-state index is 0.0504. The van der Waals surface area contributed by atoms with Crippen molar-refractivity contribution >= 4 is 16.0 Å². The van der Waals surface area contributed by atoms with Crippen LogP contribution in [0.5, 0.6) is 0 Å². The summed E-state index contributed by atoms with van der Waals surface area (Å²) in [6.45, 7) is 4.72. The fraction of sp³-hybridized carbons (Fsp3) is 0.600. The predicted octanol–water partition coefficient (Wildman–Crippen LogP) is -0.142. The highest BCUT2D eigenvalue weighted by Crippen LogP contribution is 2.22. The second kappa shape index (κ2) is 4.45. The molecule has 2 N–H and O–H groups in total. The number of nitrogen functional groups attached to an aromatic ring is 1. The van der Waals surface area contributed by atoms with Crippen molar-refractivity contribution in [2.24, 2.45) is 0 Å². The fourth-order valence-electron chi connectivity index (χ4n) is 1.79. The Hall–Kier alpha value is -1.25. The molecule has 2 heterocycles. The first-order valence-corrected chi connectivity index (χ1v) is 6.97. The molecule has 1 fully saturated rings. The maximum absolute atomic E-state index is 12.3. The number of hydrogen-bond acceptors (Lipinski definition) is 6. The summed E-state index contributed by atoms with van der Waals surface area (Å²) in [6.07, 6.45) is 2.44. The molecule has 0 unspecified atom stereocenters. The first-order chi connectivity index (χ1) is 8.31. The Labute approximate surface area is 106 Å². The Morgan fingerprint density at radius 2 is 2.00 bits per heavy atom. The van der Waals surface area contributed by atoms with E-state index in [0.717, 1.165) is 0 Å². The van der Waals surface area contributed by atoms with E-state index >= 15 is 0 Å². The van der Waals surface area contributed by atoms with Crippen molar-refractivity contribution in [1.82, 2.24) is 14.3 Å². The summed E-state index contributed by atoms with van der Waals surface area (Å²) in [5.41, 5.74) is 4.85. The van der Waals surface area contributed by atoms with Gasteiger partial charge in [0.25, 0.3) is 0 Å². The van der Waals surface area contributed by atoms with E-state index in [1.165, 1.54) is 16.7 Å². The molecule has 1 aliphatic heterocycles. The predicted molar refractivity (Wildman–Crippen MR) is 65.2 cm³/mol. The largest absolute Gasteiger partial charge is 0.373 e. The molecule has 1 saturated heterocycles. The quantitative estimate of drug-likeness (QED) is 0.804. The first kappa shape index (κ1) is 13.2. The van der Waals surface area contributed by atoms with Crippen molar-refractivity contribution in [1.29, 1.82) is 0 Å². The van der Waals surface area contributed by atoms with Gasteiger partial charge in [-0.3, -0.25) is 0 Å². The monoisotopic (exact) mass is 272 g/mol. The molecule has 0 radical (unpaired) electrons. The second-order valence-corrected chi connectivity index (χ2v) is 6.66. The van der Waals surface area contributed by atoms with Crippen molar-refractivity contribution < 1.29 is 13.2 Å². The van der Waals surface area contributed by atoms with Gasteiger partial charge in [0.05, 0.1) is 24.6 Å². The molecule has 8 heteroatoms. The molecule has 7 nitrogen and oxygen atoms in total. The average molecular weight is 272 g/mol. The van der Waals surface area contributed by atoms with Gasteiger partial charge in [0.15, 0.2) is 0 Å². The summed E-state index contributed by atoms with van der Waals surface area (Å²) in [5.74, 6) is 0.0521. The highest BCUT2D eigenvalue weighted by Gasteiger charge is 2.35. The molecular formula is C10H16N4O3S. The maximum Gasteiger partial charge on any atom is 0.246 e. The molecule has 0 aliphatic carbocycles. The Morgan fingerprint density at radius 1 is 1.39 bits per heavy atom. The van der Waals surface area contributed by atoms with Crippen LogP contribution < -0.4 is 5.73 Å². The van der Waals surface area contributed by atoms with Gasteiger partial charge in [-0.1, -0.05) is 0 Å². The minimum atomic E-state index is -3.58. The fourth-order valence-corrected chi connectivity index (χ4v) is 3.25. The van der Waals surface area contributed by atoms with E-state index in [9.17, 15) is 8.42 Å². The Kier molecular flexibility index (Phi) is 3.26. The number of anilines is 1. The smallest absolute Gasteiger partial charge is 0.246 e. The zero-order chi connectivity index (χ0) is 13.4. The van der Waals surface area contributed by atoms with Crippen molar-refractivity contribution in [2.75, 3.05) is 25.4 Å². The Morgan fingerprint density at radius 3 is 2.56 bits per heavy atom. The highest BCUT2D eigenvalue weighted by atomic mass is 32.2. The lowest BCUT2D eigenvalue weighted by atomic mass is 10.1. The third kappa shape index (κ3) is 2.60. The molecule has 2 rings (SSSR count). The lowest BCUT2D eigenvalue weighted by molar-refractivity contribution is -0.0640. The summed E-state index contributed by atoms with van der Waals surface area (Å²) in [6, 6.07) is 0. The van der Waals surface area contributed by atoms with E-state index in [1.807, 2.05) is 13.8 Å². The summed E-state index contributed by atoms with van der Waals surface area (Å²) < 4.78 is 31.5. The van der Waals surface area contributed by atoms with Crippen molar-refractivity contribution in [3.05, 3.63) is 12.4 Å². The first-order valence-electron chi connectivity index (χ1n) is 5.53. The van der Waals surface area contributed by atoms with E-state index in [-0.39, 0.29) is 10.8 Å². The van der Waals surface area contributed by atoms with Crippen LogP contribution in [0.4, 0.5) is 5.95 Å². The van der Waals surface area contributed by atoms with Crippen LogP contribution >= 0.6 is 0 Å². The molecule has 0 bridgehead atoms. The van der Waals surface area contributed by atoms with Crippen LogP contribution in [0.1, 0.15) is 13.8 Å². The molecule has 1 aromatic rings. The van der Waals surface area contributed by atoms with Crippen LogP contribution in [0, 0.1) is 0 Å². The van der Waals surface area contributed by atoms with Gasteiger partial charge in [0, 0.05) is 13.1 Å². The normalized spacial score (nSPS) is 20.8. The van der Waals surface area contributed by atoms with Crippen LogP contribution in [0.3, 0.4) is 0 Å². The molecule has 100 valence electrons.